The van der Waals surface area contributed by atoms with E-state index in [-0.39, 0.29) is 5.78 Å². The number of ketones is 1. The molecule has 3 aliphatic heterocycles. The Morgan fingerprint density at radius 2 is 1.60 bits per heavy atom. The number of carbonyl (C=O) groups excluding carboxylic acids is 3. The molecule has 35 heavy (non-hydrogen) atoms. The van der Waals surface area contributed by atoms with Crippen LogP contribution in [-0.2, 0) is 9.59 Å². The number of hydrogen-bond acceptors (Lipinski definition) is 4. The lowest BCUT2D eigenvalue weighted by atomic mass is 9.86. The first-order valence-electron chi connectivity index (χ1n) is 11.0. The monoisotopic (exact) mass is 550 g/mol. The van der Waals surface area contributed by atoms with E-state index in [9.17, 15) is 18.8 Å². The summed E-state index contributed by atoms with van der Waals surface area (Å²) in [4.78, 5) is 44.4. The van der Waals surface area contributed by atoms with Crippen molar-refractivity contribution in [2.24, 2.45) is 11.8 Å². The Morgan fingerprint density at radius 1 is 0.914 bits per heavy atom. The minimum atomic E-state index is -0.891. The van der Waals surface area contributed by atoms with Crippen LogP contribution in [0.15, 0.2) is 77.3 Å². The van der Waals surface area contributed by atoms with Gasteiger partial charge < -0.3 is 4.90 Å². The van der Waals surface area contributed by atoms with E-state index in [0.29, 0.717) is 16.3 Å². The van der Waals surface area contributed by atoms with E-state index < -0.39 is 41.6 Å². The summed E-state index contributed by atoms with van der Waals surface area (Å²) in [5, 5.41) is 0.552. The van der Waals surface area contributed by atoms with Gasteiger partial charge in [0, 0.05) is 20.7 Å². The quantitative estimate of drug-likeness (QED) is 0.318. The number of carbonyl (C=O) groups is 3. The van der Waals surface area contributed by atoms with Gasteiger partial charge in [0.2, 0.25) is 11.8 Å². The average Bonchev–Trinajstić information content (AvgIpc) is 3.32. The summed E-state index contributed by atoms with van der Waals surface area (Å²) in [5.74, 6) is -3.20. The Kier molecular flexibility index (Phi) is 5.16. The van der Waals surface area contributed by atoms with Crippen LogP contribution in [0, 0.1) is 17.7 Å². The van der Waals surface area contributed by atoms with Gasteiger partial charge in [0.05, 0.1) is 23.6 Å². The van der Waals surface area contributed by atoms with Gasteiger partial charge in [-0.05, 0) is 60.2 Å². The lowest BCUT2D eigenvalue weighted by molar-refractivity contribution is -0.122. The van der Waals surface area contributed by atoms with Crippen molar-refractivity contribution in [2.45, 2.75) is 12.1 Å². The molecule has 0 bridgehead atoms. The summed E-state index contributed by atoms with van der Waals surface area (Å²) in [6.07, 6.45) is 3.74. The summed E-state index contributed by atoms with van der Waals surface area (Å²) in [6, 6.07) is 16.2. The number of fused-ring (bicyclic) bond motifs is 5. The first-order chi connectivity index (χ1) is 16.8. The van der Waals surface area contributed by atoms with Crippen molar-refractivity contribution in [2.75, 3.05) is 9.80 Å². The zero-order valence-corrected chi connectivity index (χ0v) is 20.4. The zero-order valence-electron chi connectivity index (χ0n) is 18.1. The molecule has 0 aromatic heterocycles. The second-order valence-electron chi connectivity index (χ2n) is 8.82. The lowest BCUT2D eigenvalue weighted by Crippen LogP contribution is -2.48. The van der Waals surface area contributed by atoms with E-state index in [1.807, 2.05) is 23.1 Å². The molecule has 3 aliphatic rings. The van der Waals surface area contributed by atoms with Gasteiger partial charge in [-0.15, -0.1) is 0 Å². The van der Waals surface area contributed by atoms with Crippen molar-refractivity contribution < 1.29 is 18.8 Å². The van der Waals surface area contributed by atoms with Crippen molar-refractivity contribution in [3.8, 4) is 0 Å². The van der Waals surface area contributed by atoms with Crippen molar-refractivity contribution >= 4 is 62.6 Å². The van der Waals surface area contributed by atoms with E-state index in [1.165, 1.54) is 24.3 Å². The molecule has 6 rings (SSSR count). The minimum Gasteiger partial charge on any atom is -0.352 e. The molecular weight excluding hydrogens is 535 g/mol. The van der Waals surface area contributed by atoms with Gasteiger partial charge in [-0.2, -0.15) is 0 Å². The number of anilines is 2. The number of rotatable bonds is 3. The van der Waals surface area contributed by atoms with Crippen LogP contribution in [0.3, 0.4) is 0 Å². The molecule has 4 atom stereocenters. The summed E-state index contributed by atoms with van der Waals surface area (Å²) in [7, 11) is 0. The Balaban J connectivity index is 1.49. The number of benzene rings is 3. The summed E-state index contributed by atoms with van der Waals surface area (Å²) >= 11 is 9.59. The number of halogens is 3. The molecule has 0 N–H and O–H groups in total. The van der Waals surface area contributed by atoms with Crippen LogP contribution in [0.4, 0.5) is 15.8 Å². The molecule has 2 saturated heterocycles. The Morgan fingerprint density at radius 3 is 2.31 bits per heavy atom. The molecule has 0 unspecified atom stereocenters. The van der Waals surface area contributed by atoms with E-state index in [1.54, 1.807) is 36.4 Å². The number of imide groups is 1. The number of hydrogen-bond donors (Lipinski definition) is 0. The van der Waals surface area contributed by atoms with Crippen LogP contribution in [0.25, 0.3) is 6.08 Å². The van der Waals surface area contributed by atoms with Crippen molar-refractivity contribution in [3.05, 3.63) is 99.2 Å². The predicted molar refractivity (Wildman–Crippen MR) is 135 cm³/mol. The molecule has 0 saturated carbocycles. The fourth-order valence-electron chi connectivity index (χ4n) is 5.47. The normalized spacial score (nSPS) is 24.4. The second-order valence-corrected chi connectivity index (χ2v) is 10.2. The van der Waals surface area contributed by atoms with E-state index >= 15 is 0 Å². The molecule has 8 heteroatoms. The van der Waals surface area contributed by atoms with Crippen LogP contribution in [-0.4, -0.2) is 29.7 Å². The summed E-state index contributed by atoms with van der Waals surface area (Å²) in [5.41, 5.74) is 2.31. The molecule has 5 nitrogen and oxygen atoms in total. The maximum atomic E-state index is 13.9. The van der Waals surface area contributed by atoms with Crippen LogP contribution >= 0.6 is 27.5 Å². The van der Waals surface area contributed by atoms with Crippen molar-refractivity contribution in [1.29, 1.82) is 0 Å². The molecule has 0 radical (unpaired) electrons. The molecular formula is C27H17BrClFN2O3. The maximum absolute atomic E-state index is 13.9. The highest BCUT2D eigenvalue weighted by molar-refractivity contribution is 9.10. The van der Waals surface area contributed by atoms with Gasteiger partial charge in [0.25, 0.3) is 0 Å². The van der Waals surface area contributed by atoms with Gasteiger partial charge >= 0.3 is 0 Å². The summed E-state index contributed by atoms with van der Waals surface area (Å²) < 4.78 is 14.3. The molecule has 174 valence electrons. The topological polar surface area (TPSA) is 57.7 Å². The Hall–Kier alpha value is -3.29. The van der Waals surface area contributed by atoms with E-state index in [4.69, 9.17) is 11.6 Å². The van der Waals surface area contributed by atoms with Gasteiger partial charge in [0.1, 0.15) is 11.9 Å². The van der Waals surface area contributed by atoms with Gasteiger partial charge in [-0.25, -0.2) is 9.29 Å². The van der Waals surface area contributed by atoms with E-state index in [2.05, 4.69) is 15.9 Å². The van der Waals surface area contributed by atoms with E-state index in [0.717, 1.165) is 20.6 Å². The molecule has 3 aromatic rings. The average molecular weight is 552 g/mol. The Bertz CT molecular complexity index is 1420. The standard InChI is InChI=1S/C27H17BrClFN2O3/c28-16-4-1-14(2-5-16)25(33)24-23-22(21-11-3-15-13-17(29)6-12-20(15)32(21)24)26(34)31(27(23)35)19-9-7-18(30)8-10-19/h1-13,21-24H/t21-,22-,23+,24-/m0/s1. The molecule has 0 spiro atoms. The van der Waals surface area contributed by atoms with Gasteiger partial charge in [-0.1, -0.05) is 51.8 Å². The number of nitrogens with zero attached hydrogens (tertiary/aromatic N) is 2. The largest absolute Gasteiger partial charge is 0.352 e. The smallest absolute Gasteiger partial charge is 0.240 e. The molecule has 2 fully saturated rings. The Labute approximate surface area is 213 Å². The highest BCUT2D eigenvalue weighted by Gasteiger charge is 2.64. The highest BCUT2D eigenvalue weighted by atomic mass is 79.9. The lowest BCUT2D eigenvalue weighted by Gasteiger charge is -2.36. The van der Waals surface area contributed by atoms with Crippen LogP contribution in [0.1, 0.15) is 15.9 Å². The first-order valence-corrected chi connectivity index (χ1v) is 12.2. The molecule has 0 aliphatic carbocycles. The fourth-order valence-corrected chi connectivity index (χ4v) is 5.92. The predicted octanol–water partition coefficient (Wildman–Crippen LogP) is 5.51. The second kappa shape index (κ2) is 8.14. The molecule has 3 aromatic carbocycles. The fraction of sp³-hybridized carbons (Fsp3) is 0.148. The number of Topliss-reactive ketones (excluding diaryl/α,β-unsaturated/α-hetero) is 1. The van der Waals surface area contributed by atoms with Crippen LogP contribution < -0.4 is 9.80 Å². The number of amides is 2. The third kappa shape index (κ3) is 3.37. The molecule has 2 amide bonds. The SMILES string of the molecule is O=C(c1ccc(Br)cc1)[C@@H]1[C@@H]2C(=O)N(c3ccc(F)cc3)C(=O)[C@H]2[C@@H]2C=Cc3cc(Cl)ccc3N12. The highest BCUT2D eigenvalue weighted by Crippen LogP contribution is 2.50. The third-order valence-corrected chi connectivity index (χ3v) is 7.71. The zero-order chi connectivity index (χ0) is 24.4. The van der Waals surface area contributed by atoms with Crippen LogP contribution in [0.2, 0.25) is 5.02 Å². The maximum Gasteiger partial charge on any atom is 0.240 e. The van der Waals surface area contributed by atoms with Crippen molar-refractivity contribution in [1.82, 2.24) is 0 Å². The van der Waals surface area contributed by atoms with Gasteiger partial charge in [0.15, 0.2) is 5.78 Å². The molecule has 3 heterocycles. The van der Waals surface area contributed by atoms with Crippen LogP contribution in [0.5, 0.6) is 0 Å². The van der Waals surface area contributed by atoms with Crippen molar-refractivity contribution in [3.63, 3.8) is 0 Å². The minimum absolute atomic E-state index is 0.242. The van der Waals surface area contributed by atoms with Gasteiger partial charge in [-0.3, -0.25) is 14.4 Å². The summed E-state index contributed by atoms with van der Waals surface area (Å²) in [6.45, 7) is 0. The first kappa shape index (κ1) is 22.2. The third-order valence-electron chi connectivity index (χ3n) is 6.95.